The molecule has 0 heterocycles. The highest BCUT2D eigenvalue weighted by molar-refractivity contribution is 7.47. The number of rotatable bonds is 73. The third-order valence-corrected chi connectivity index (χ3v) is 18.5. The van der Waals surface area contributed by atoms with Gasteiger partial charge >= 0.3 is 19.8 Å². The molecule has 0 aliphatic rings. The topological polar surface area (TPSA) is 134 Å². The number of unbranched alkanes of at least 4 members (excludes halogenated alkanes) is 60. The first-order valence-corrected chi connectivity index (χ1v) is 39.0. The third kappa shape index (κ3) is 70.0. The van der Waals surface area contributed by atoms with Gasteiger partial charge in [-0.1, -0.05) is 399 Å². The number of carbonyl (C=O) groups excluding carboxylic acids is 2. The van der Waals surface area contributed by atoms with Gasteiger partial charge in [0.15, 0.2) is 6.10 Å². The van der Waals surface area contributed by atoms with Crippen molar-refractivity contribution in [3.05, 3.63) is 0 Å². The van der Waals surface area contributed by atoms with Gasteiger partial charge in [-0.15, -0.1) is 0 Å². The Morgan fingerprint density at radius 2 is 0.518 bits per heavy atom. The Kier molecular flexibility index (Phi) is 69.3. The van der Waals surface area contributed by atoms with Crippen molar-refractivity contribution in [3.8, 4) is 0 Å². The van der Waals surface area contributed by atoms with Gasteiger partial charge < -0.3 is 20.1 Å². The Morgan fingerprint density at radius 3 is 0.735 bits per heavy atom. The van der Waals surface area contributed by atoms with Crippen LogP contribution in [0.4, 0.5) is 0 Å². The summed E-state index contributed by atoms with van der Waals surface area (Å²) in [6.07, 6.45) is 83.8. The van der Waals surface area contributed by atoms with Crippen molar-refractivity contribution in [1.29, 1.82) is 0 Å². The van der Waals surface area contributed by atoms with Crippen LogP contribution < -0.4 is 5.73 Å². The van der Waals surface area contributed by atoms with Crippen molar-refractivity contribution in [2.45, 2.75) is 431 Å². The maximum atomic E-state index is 12.8. The van der Waals surface area contributed by atoms with E-state index in [1.807, 2.05) is 0 Å². The first-order valence-electron chi connectivity index (χ1n) is 37.5. The summed E-state index contributed by atoms with van der Waals surface area (Å²) in [6.45, 7) is 3.85. The molecule has 0 saturated carbocycles. The highest BCUT2D eigenvalue weighted by atomic mass is 31.2. The van der Waals surface area contributed by atoms with Crippen LogP contribution in [0.3, 0.4) is 0 Å². The van der Waals surface area contributed by atoms with E-state index in [0.29, 0.717) is 12.8 Å². The summed E-state index contributed by atoms with van der Waals surface area (Å²) in [5.74, 6) is -0.795. The maximum Gasteiger partial charge on any atom is 0.472 e. The Balaban J connectivity index is 3.76. The lowest BCUT2D eigenvalue weighted by atomic mass is 10.0. The van der Waals surface area contributed by atoms with Gasteiger partial charge in [0.1, 0.15) is 6.61 Å². The normalized spacial score (nSPS) is 12.8. The first-order chi connectivity index (χ1) is 40.8. The van der Waals surface area contributed by atoms with Crippen molar-refractivity contribution in [3.63, 3.8) is 0 Å². The molecule has 3 N–H and O–H groups in total. The molecule has 10 heteroatoms. The molecule has 0 fully saturated rings. The summed E-state index contributed by atoms with van der Waals surface area (Å²) in [7, 11) is -4.39. The lowest BCUT2D eigenvalue weighted by molar-refractivity contribution is -0.161. The molecule has 0 aliphatic carbocycles. The average Bonchev–Trinajstić information content (AvgIpc) is 3.49. The Hall–Kier alpha value is -0.990. The molecule has 0 amide bonds. The first kappa shape index (κ1) is 82.0. The standard InChI is InChI=1S/C73H146NO8P/c1-3-5-7-9-11-13-15-17-19-21-23-25-27-29-31-33-35-36-38-40-42-44-46-48-50-52-54-56-58-60-62-64-66-73(76)82-71(70-81-83(77,78)80-68-67-74)69-79-72(75)65-63-61-59-57-55-53-51-49-47-45-43-41-39-37-34-32-30-28-26-24-22-20-18-16-14-12-10-8-6-4-2/h71H,3-70,74H2,1-2H3,(H,77,78). The predicted octanol–water partition coefficient (Wildman–Crippen LogP) is 24.5. The summed E-state index contributed by atoms with van der Waals surface area (Å²) in [4.78, 5) is 35.4. The molecule has 2 unspecified atom stereocenters. The van der Waals surface area contributed by atoms with Gasteiger partial charge in [0, 0.05) is 19.4 Å². The highest BCUT2D eigenvalue weighted by Gasteiger charge is 2.26. The van der Waals surface area contributed by atoms with Gasteiger partial charge in [-0.2, -0.15) is 0 Å². The lowest BCUT2D eigenvalue weighted by Crippen LogP contribution is -2.29. The largest absolute Gasteiger partial charge is 0.472 e. The van der Waals surface area contributed by atoms with E-state index in [9.17, 15) is 19.0 Å². The van der Waals surface area contributed by atoms with Crippen molar-refractivity contribution in [1.82, 2.24) is 0 Å². The molecular formula is C73H146NO8P. The summed E-state index contributed by atoms with van der Waals surface area (Å²) in [5.41, 5.74) is 5.41. The van der Waals surface area contributed by atoms with Gasteiger partial charge in [-0.25, -0.2) is 4.57 Å². The van der Waals surface area contributed by atoms with Crippen LogP contribution in [0.15, 0.2) is 0 Å². The summed E-state index contributed by atoms with van der Waals surface area (Å²) >= 11 is 0. The number of phosphoric acid groups is 1. The van der Waals surface area contributed by atoms with Crippen LogP contribution in [0.25, 0.3) is 0 Å². The van der Waals surface area contributed by atoms with Crippen LogP contribution in [0.5, 0.6) is 0 Å². The molecule has 0 radical (unpaired) electrons. The van der Waals surface area contributed by atoms with E-state index in [4.69, 9.17) is 24.3 Å². The second-order valence-corrected chi connectivity index (χ2v) is 27.3. The van der Waals surface area contributed by atoms with Gasteiger partial charge in [0.2, 0.25) is 0 Å². The Morgan fingerprint density at radius 1 is 0.313 bits per heavy atom. The number of nitrogens with two attached hydrogens (primary N) is 1. The van der Waals surface area contributed by atoms with Crippen LogP contribution in [0, 0.1) is 0 Å². The summed E-state index contributed by atoms with van der Waals surface area (Å²) in [5, 5.41) is 0. The SMILES string of the molecule is CCCCCCCCCCCCCCCCCCCCCCCCCCCCCCCCCCC(=O)OC(COC(=O)CCCCCCCCCCCCCCCCCCCCCCCCCCCCCCCC)COP(=O)(O)OCCN. The Labute approximate surface area is 517 Å². The lowest BCUT2D eigenvalue weighted by Gasteiger charge is -2.19. The van der Waals surface area contributed by atoms with E-state index in [1.165, 1.54) is 360 Å². The fraction of sp³-hybridized carbons (Fsp3) is 0.973. The van der Waals surface area contributed by atoms with Gasteiger partial charge in [-0.3, -0.25) is 18.6 Å². The van der Waals surface area contributed by atoms with Gasteiger partial charge in [0.05, 0.1) is 13.2 Å². The zero-order chi connectivity index (χ0) is 60.1. The monoisotopic (exact) mass is 1200 g/mol. The second-order valence-electron chi connectivity index (χ2n) is 25.9. The summed E-state index contributed by atoms with van der Waals surface area (Å²) in [6, 6.07) is 0. The van der Waals surface area contributed by atoms with Crippen LogP contribution in [0.2, 0.25) is 0 Å². The van der Waals surface area contributed by atoms with E-state index in [-0.39, 0.29) is 32.1 Å². The molecule has 0 spiro atoms. The highest BCUT2D eigenvalue weighted by Crippen LogP contribution is 2.43. The molecule has 9 nitrogen and oxygen atoms in total. The fourth-order valence-corrected chi connectivity index (χ4v) is 12.7. The average molecular weight is 1200 g/mol. The fourth-order valence-electron chi connectivity index (χ4n) is 11.9. The summed E-state index contributed by atoms with van der Waals surface area (Å²) < 4.78 is 33.2. The number of hydrogen-bond acceptors (Lipinski definition) is 8. The molecule has 2 atom stereocenters. The minimum atomic E-state index is -4.39. The molecule has 0 bridgehead atoms. The minimum absolute atomic E-state index is 0.0589. The third-order valence-electron chi connectivity index (χ3n) is 17.5. The van der Waals surface area contributed by atoms with Crippen molar-refractivity contribution in [2.75, 3.05) is 26.4 Å². The minimum Gasteiger partial charge on any atom is -0.462 e. The molecule has 0 aliphatic heterocycles. The molecule has 0 aromatic carbocycles. The van der Waals surface area contributed by atoms with Gasteiger partial charge in [0.25, 0.3) is 0 Å². The number of ether oxygens (including phenoxy) is 2. The molecule has 0 saturated heterocycles. The van der Waals surface area contributed by atoms with E-state index in [1.54, 1.807) is 0 Å². The molecular weight excluding hydrogens is 1050 g/mol. The second kappa shape index (κ2) is 70.1. The van der Waals surface area contributed by atoms with Crippen LogP contribution in [0.1, 0.15) is 425 Å². The Bertz CT molecular complexity index is 1320. The molecule has 0 rings (SSSR count). The smallest absolute Gasteiger partial charge is 0.462 e. The number of phosphoric ester groups is 1. The number of esters is 2. The zero-order valence-corrected chi connectivity index (χ0v) is 56.9. The van der Waals surface area contributed by atoms with Crippen LogP contribution in [-0.4, -0.2) is 49.3 Å². The number of carbonyl (C=O) groups is 2. The zero-order valence-electron chi connectivity index (χ0n) is 56.0. The molecule has 83 heavy (non-hydrogen) atoms. The van der Waals surface area contributed by atoms with E-state index < -0.39 is 26.5 Å². The van der Waals surface area contributed by atoms with Gasteiger partial charge in [-0.05, 0) is 12.8 Å². The van der Waals surface area contributed by atoms with E-state index in [2.05, 4.69) is 13.8 Å². The van der Waals surface area contributed by atoms with Crippen molar-refractivity contribution >= 4 is 19.8 Å². The quantitative estimate of drug-likeness (QED) is 0.0347. The molecule has 0 aromatic heterocycles. The predicted molar refractivity (Wildman–Crippen MR) is 358 cm³/mol. The van der Waals surface area contributed by atoms with E-state index in [0.717, 1.165) is 32.1 Å². The number of hydrogen-bond donors (Lipinski definition) is 2. The molecule has 0 aromatic rings. The molecule has 496 valence electrons. The van der Waals surface area contributed by atoms with Crippen LogP contribution >= 0.6 is 7.82 Å². The van der Waals surface area contributed by atoms with Crippen molar-refractivity contribution < 1.29 is 37.6 Å². The van der Waals surface area contributed by atoms with Crippen LogP contribution in [-0.2, 0) is 32.7 Å². The maximum absolute atomic E-state index is 12.8. The van der Waals surface area contributed by atoms with E-state index >= 15 is 0 Å². The van der Waals surface area contributed by atoms with Crippen molar-refractivity contribution in [2.24, 2.45) is 5.73 Å².